The summed E-state index contributed by atoms with van der Waals surface area (Å²) in [7, 11) is 1.22. The van der Waals surface area contributed by atoms with Crippen LogP contribution in [0.2, 0.25) is 0 Å². The van der Waals surface area contributed by atoms with Crippen molar-refractivity contribution >= 4 is 18.0 Å². The maximum Gasteiger partial charge on any atom is 0.326 e. The highest BCUT2D eigenvalue weighted by Crippen LogP contribution is 1.99. The fourth-order valence-corrected chi connectivity index (χ4v) is 1.38. The van der Waals surface area contributed by atoms with Gasteiger partial charge < -0.3 is 20.5 Å². The number of nitrogens with one attached hydrogen (secondary N) is 2. The van der Waals surface area contributed by atoms with Gasteiger partial charge in [-0.3, -0.25) is 4.79 Å². The zero-order chi connectivity index (χ0) is 15.4. The van der Waals surface area contributed by atoms with E-state index in [0.29, 0.717) is 13.0 Å². The normalized spacial score (nSPS) is 11.0. The molecule has 112 valence electrons. The Morgan fingerprint density at radius 2 is 2.05 bits per heavy atom. The van der Waals surface area contributed by atoms with Crippen LogP contribution in [0.25, 0.3) is 0 Å². The number of esters is 1. The van der Waals surface area contributed by atoms with E-state index in [1.807, 2.05) is 0 Å². The fourth-order valence-electron chi connectivity index (χ4n) is 1.38. The molecule has 7 nitrogen and oxygen atoms in total. The first-order chi connectivity index (χ1) is 9.51. The lowest BCUT2D eigenvalue weighted by Crippen LogP contribution is -2.46. The van der Waals surface area contributed by atoms with Crippen molar-refractivity contribution < 1.29 is 24.2 Å². The van der Waals surface area contributed by atoms with Gasteiger partial charge in [0.15, 0.2) is 0 Å². The summed E-state index contributed by atoms with van der Waals surface area (Å²) in [6, 6.07) is -1.71. The zero-order valence-corrected chi connectivity index (χ0v) is 11.5. The van der Waals surface area contributed by atoms with Crippen molar-refractivity contribution in [3.63, 3.8) is 0 Å². The standard InChI is InChI=1S/C13H20N2O5/c1-3-4-5-6-9-14-13(19)15-10(12(17)18)7-8-11(16)20-2/h1,10H,4-9H2,2H3,(H,17,18)(H2,14,15,19)/t10-/m0/s1. The Kier molecular flexibility index (Phi) is 9.48. The van der Waals surface area contributed by atoms with Crippen LogP contribution >= 0.6 is 0 Å². The van der Waals surface area contributed by atoms with Gasteiger partial charge in [0.25, 0.3) is 0 Å². The summed E-state index contributed by atoms with van der Waals surface area (Å²) in [6.45, 7) is 0.414. The molecule has 0 unspecified atom stereocenters. The number of urea groups is 1. The third-order valence-corrected chi connectivity index (χ3v) is 2.50. The summed E-state index contributed by atoms with van der Waals surface area (Å²) in [4.78, 5) is 33.3. The number of carbonyl (C=O) groups excluding carboxylic acids is 2. The maximum absolute atomic E-state index is 11.5. The minimum Gasteiger partial charge on any atom is -0.480 e. The Balaban J connectivity index is 3.99. The first kappa shape index (κ1) is 17.8. The molecular formula is C13H20N2O5. The van der Waals surface area contributed by atoms with Crippen molar-refractivity contribution in [2.75, 3.05) is 13.7 Å². The van der Waals surface area contributed by atoms with Crippen LogP contribution < -0.4 is 10.6 Å². The molecule has 0 heterocycles. The van der Waals surface area contributed by atoms with Crippen LogP contribution in [-0.4, -0.2) is 42.8 Å². The molecule has 0 fully saturated rings. The van der Waals surface area contributed by atoms with Crippen LogP contribution in [0, 0.1) is 12.3 Å². The average molecular weight is 284 g/mol. The first-order valence-corrected chi connectivity index (χ1v) is 6.28. The van der Waals surface area contributed by atoms with Crippen molar-refractivity contribution in [1.29, 1.82) is 0 Å². The predicted octanol–water partition coefficient (Wildman–Crippen LogP) is 0.495. The van der Waals surface area contributed by atoms with E-state index in [-0.39, 0.29) is 12.8 Å². The predicted molar refractivity (Wildman–Crippen MR) is 71.9 cm³/mol. The van der Waals surface area contributed by atoms with E-state index < -0.39 is 24.0 Å². The van der Waals surface area contributed by atoms with E-state index in [9.17, 15) is 14.4 Å². The van der Waals surface area contributed by atoms with Crippen molar-refractivity contribution in [1.82, 2.24) is 10.6 Å². The minimum absolute atomic E-state index is 0.0213. The summed E-state index contributed by atoms with van der Waals surface area (Å²) in [5, 5.41) is 13.8. The molecule has 0 rings (SSSR count). The highest BCUT2D eigenvalue weighted by molar-refractivity contribution is 5.83. The molecule has 0 aliphatic rings. The number of unbranched alkanes of at least 4 members (excludes halogenated alkanes) is 2. The number of terminal acetylenes is 1. The van der Waals surface area contributed by atoms with E-state index >= 15 is 0 Å². The van der Waals surface area contributed by atoms with Crippen molar-refractivity contribution in [3.05, 3.63) is 0 Å². The number of aliphatic carboxylic acids is 1. The van der Waals surface area contributed by atoms with Gasteiger partial charge >= 0.3 is 18.0 Å². The molecule has 0 spiro atoms. The second-order valence-corrected chi connectivity index (χ2v) is 4.07. The van der Waals surface area contributed by atoms with Gasteiger partial charge in [0.2, 0.25) is 0 Å². The number of hydrogen-bond donors (Lipinski definition) is 3. The Labute approximate surface area is 118 Å². The van der Waals surface area contributed by atoms with Crippen molar-refractivity contribution in [3.8, 4) is 12.3 Å². The average Bonchev–Trinajstić information content (AvgIpc) is 2.42. The molecule has 0 saturated carbocycles. The Morgan fingerprint density at radius 3 is 2.60 bits per heavy atom. The van der Waals surface area contributed by atoms with Crippen molar-refractivity contribution in [2.45, 2.75) is 38.1 Å². The lowest BCUT2D eigenvalue weighted by atomic mass is 10.1. The van der Waals surface area contributed by atoms with Crippen LogP contribution in [-0.2, 0) is 14.3 Å². The lowest BCUT2D eigenvalue weighted by molar-refractivity contribution is -0.142. The fraction of sp³-hybridized carbons (Fsp3) is 0.615. The number of ether oxygens (including phenoxy) is 1. The van der Waals surface area contributed by atoms with Crippen molar-refractivity contribution in [2.24, 2.45) is 0 Å². The molecule has 0 aliphatic carbocycles. The molecule has 20 heavy (non-hydrogen) atoms. The number of carboxylic acids is 1. The highest BCUT2D eigenvalue weighted by Gasteiger charge is 2.20. The van der Waals surface area contributed by atoms with E-state index in [1.165, 1.54) is 7.11 Å². The molecular weight excluding hydrogens is 264 g/mol. The van der Waals surface area contributed by atoms with Gasteiger partial charge in [-0.25, -0.2) is 9.59 Å². The molecule has 0 aliphatic heterocycles. The molecule has 0 aromatic heterocycles. The molecule has 0 radical (unpaired) electrons. The van der Waals surface area contributed by atoms with Gasteiger partial charge in [-0.05, 0) is 19.3 Å². The van der Waals surface area contributed by atoms with E-state index in [2.05, 4.69) is 21.3 Å². The quantitative estimate of drug-likeness (QED) is 0.325. The lowest BCUT2D eigenvalue weighted by Gasteiger charge is -2.14. The van der Waals surface area contributed by atoms with Crippen LogP contribution in [0.5, 0.6) is 0 Å². The number of amides is 2. The number of carbonyl (C=O) groups is 3. The van der Waals surface area contributed by atoms with Gasteiger partial charge in [0.05, 0.1) is 7.11 Å². The molecule has 0 aromatic rings. The number of methoxy groups -OCH3 is 1. The molecule has 0 saturated heterocycles. The molecule has 7 heteroatoms. The monoisotopic (exact) mass is 284 g/mol. The van der Waals surface area contributed by atoms with Gasteiger partial charge in [-0.2, -0.15) is 0 Å². The number of rotatable bonds is 9. The summed E-state index contributed by atoms with van der Waals surface area (Å²) in [6.07, 6.45) is 7.14. The largest absolute Gasteiger partial charge is 0.480 e. The first-order valence-electron chi connectivity index (χ1n) is 6.28. The van der Waals surface area contributed by atoms with Crippen LogP contribution in [0.4, 0.5) is 4.79 Å². The molecule has 1 atom stereocenters. The summed E-state index contributed by atoms with van der Waals surface area (Å²) < 4.78 is 4.41. The number of carboxylic acid groups (broad SMARTS) is 1. The number of hydrogen-bond acceptors (Lipinski definition) is 4. The second kappa shape index (κ2) is 10.7. The minimum atomic E-state index is -1.20. The van der Waals surface area contributed by atoms with E-state index in [1.54, 1.807) is 0 Å². The van der Waals surface area contributed by atoms with Gasteiger partial charge in [0, 0.05) is 19.4 Å². The third kappa shape index (κ3) is 8.80. The highest BCUT2D eigenvalue weighted by atomic mass is 16.5. The smallest absolute Gasteiger partial charge is 0.326 e. The molecule has 3 N–H and O–H groups in total. The third-order valence-electron chi connectivity index (χ3n) is 2.50. The second-order valence-electron chi connectivity index (χ2n) is 4.07. The maximum atomic E-state index is 11.5. The summed E-state index contributed by atoms with van der Waals surface area (Å²) in [5.41, 5.74) is 0. The van der Waals surface area contributed by atoms with E-state index in [0.717, 1.165) is 12.8 Å². The van der Waals surface area contributed by atoms with Gasteiger partial charge in [-0.1, -0.05) is 0 Å². The van der Waals surface area contributed by atoms with Crippen LogP contribution in [0.15, 0.2) is 0 Å². The van der Waals surface area contributed by atoms with Crippen LogP contribution in [0.3, 0.4) is 0 Å². The molecule has 2 amide bonds. The Morgan fingerprint density at radius 1 is 1.35 bits per heavy atom. The summed E-state index contributed by atoms with van der Waals surface area (Å²) >= 11 is 0. The molecule has 0 bridgehead atoms. The topological polar surface area (TPSA) is 105 Å². The Bertz CT molecular complexity index is 375. The van der Waals surface area contributed by atoms with E-state index in [4.69, 9.17) is 11.5 Å². The Hall–Kier alpha value is -2.23. The van der Waals surface area contributed by atoms with Gasteiger partial charge in [-0.15, -0.1) is 12.3 Å². The van der Waals surface area contributed by atoms with Crippen LogP contribution in [0.1, 0.15) is 32.1 Å². The summed E-state index contributed by atoms with van der Waals surface area (Å²) in [5.74, 6) is 0.768. The SMILES string of the molecule is C#CCCCCNC(=O)N[C@@H](CCC(=O)OC)C(=O)O. The molecule has 0 aromatic carbocycles. The zero-order valence-electron chi connectivity index (χ0n) is 11.5. The van der Waals surface area contributed by atoms with Gasteiger partial charge in [0.1, 0.15) is 6.04 Å².